The van der Waals surface area contributed by atoms with Crippen LogP contribution < -0.4 is 5.32 Å². The molecule has 0 radical (unpaired) electrons. The van der Waals surface area contributed by atoms with Gasteiger partial charge in [-0.05, 0) is 31.2 Å². The summed E-state index contributed by atoms with van der Waals surface area (Å²) in [5, 5.41) is 11.2. The van der Waals surface area contributed by atoms with Gasteiger partial charge >= 0.3 is 0 Å². The third-order valence-electron chi connectivity index (χ3n) is 6.09. The number of rotatable bonds is 6. The molecule has 1 aromatic heterocycles. The van der Waals surface area contributed by atoms with Crippen molar-refractivity contribution in [2.45, 2.75) is 45.8 Å². The molecule has 0 bridgehead atoms. The quantitative estimate of drug-likeness (QED) is 0.865. The maximum Gasteiger partial charge on any atom is 0.228 e. The molecule has 2 fully saturated rings. The van der Waals surface area contributed by atoms with Crippen LogP contribution in [0.25, 0.3) is 0 Å². The lowest BCUT2D eigenvalue weighted by atomic mass is 9.80. The van der Waals surface area contributed by atoms with E-state index >= 15 is 0 Å². The van der Waals surface area contributed by atoms with Crippen LogP contribution in [0.5, 0.6) is 0 Å². The average molecular weight is 353 g/mol. The molecule has 2 heterocycles. The standard InChI is InChI=1S/C20H27N5O/c1-2-25-15-22-23-18(25)11-21-19(26)20-10-6-9-17(20)13-24(14-20)12-16-7-4-3-5-8-16/h3-5,7-8,15,17H,2,6,9-14H2,1H3,(H,21,26)/t17-,20-/m1/s1. The second-order valence-corrected chi connectivity index (χ2v) is 7.62. The van der Waals surface area contributed by atoms with Crippen molar-refractivity contribution in [3.63, 3.8) is 0 Å². The summed E-state index contributed by atoms with van der Waals surface area (Å²) < 4.78 is 1.97. The highest BCUT2D eigenvalue weighted by atomic mass is 16.2. The molecule has 138 valence electrons. The highest BCUT2D eigenvalue weighted by molar-refractivity contribution is 5.84. The lowest BCUT2D eigenvalue weighted by molar-refractivity contribution is -0.131. The van der Waals surface area contributed by atoms with Gasteiger partial charge in [-0.2, -0.15) is 0 Å². The molecule has 6 nitrogen and oxygen atoms in total. The van der Waals surface area contributed by atoms with Gasteiger partial charge in [-0.15, -0.1) is 10.2 Å². The highest BCUT2D eigenvalue weighted by Gasteiger charge is 2.54. The molecule has 26 heavy (non-hydrogen) atoms. The van der Waals surface area contributed by atoms with Crippen LogP contribution in [0, 0.1) is 11.3 Å². The van der Waals surface area contributed by atoms with Crippen molar-refractivity contribution in [2.75, 3.05) is 13.1 Å². The van der Waals surface area contributed by atoms with Gasteiger partial charge in [-0.25, -0.2) is 0 Å². The van der Waals surface area contributed by atoms with E-state index in [0.29, 0.717) is 12.5 Å². The van der Waals surface area contributed by atoms with E-state index in [2.05, 4.69) is 51.6 Å². The Hall–Kier alpha value is -2.21. The molecular formula is C20H27N5O. The smallest absolute Gasteiger partial charge is 0.228 e. The van der Waals surface area contributed by atoms with Crippen molar-refractivity contribution in [1.82, 2.24) is 25.0 Å². The van der Waals surface area contributed by atoms with Crippen molar-refractivity contribution in [3.05, 3.63) is 48.0 Å². The van der Waals surface area contributed by atoms with Crippen LogP contribution in [-0.4, -0.2) is 38.7 Å². The lowest BCUT2D eigenvalue weighted by Crippen LogP contribution is -2.44. The summed E-state index contributed by atoms with van der Waals surface area (Å²) in [6.07, 6.45) is 5.02. The summed E-state index contributed by atoms with van der Waals surface area (Å²) >= 11 is 0. The van der Waals surface area contributed by atoms with Crippen molar-refractivity contribution in [2.24, 2.45) is 11.3 Å². The molecule has 2 aliphatic rings. The monoisotopic (exact) mass is 353 g/mol. The van der Waals surface area contributed by atoms with Gasteiger partial charge in [-0.3, -0.25) is 9.69 Å². The maximum atomic E-state index is 13.1. The number of nitrogens with one attached hydrogen (secondary N) is 1. The first-order valence-corrected chi connectivity index (χ1v) is 9.62. The van der Waals surface area contributed by atoms with Crippen LogP contribution in [0.3, 0.4) is 0 Å². The van der Waals surface area contributed by atoms with Gasteiger partial charge in [0.2, 0.25) is 5.91 Å². The summed E-state index contributed by atoms with van der Waals surface area (Å²) in [7, 11) is 0. The third kappa shape index (κ3) is 3.14. The molecular weight excluding hydrogens is 326 g/mol. The summed E-state index contributed by atoms with van der Waals surface area (Å²) in [5.74, 6) is 1.49. The lowest BCUT2D eigenvalue weighted by Gasteiger charge is -2.27. The maximum absolute atomic E-state index is 13.1. The van der Waals surface area contributed by atoms with E-state index in [1.165, 1.54) is 5.56 Å². The Morgan fingerprint density at radius 3 is 3.00 bits per heavy atom. The van der Waals surface area contributed by atoms with Crippen LogP contribution in [-0.2, 0) is 24.4 Å². The number of fused-ring (bicyclic) bond motifs is 1. The number of hydrogen-bond acceptors (Lipinski definition) is 4. The Labute approximate surface area is 154 Å². The molecule has 0 spiro atoms. The molecule has 1 amide bonds. The SMILES string of the molecule is CCn1cnnc1CNC(=O)[C@@]12CCC[C@@H]1CN(Cc1ccccc1)C2. The minimum Gasteiger partial charge on any atom is -0.348 e. The second-order valence-electron chi connectivity index (χ2n) is 7.62. The Morgan fingerprint density at radius 2 is 2.19 bits per heavy atom. The highest BCUT2D eigenvalue weighted by Crippen LogP contribution is 2.49. The number of carbonyl (C=O) groups excluding carboxylic acids is 1. The number of carbonyl (C=O) groups is 1. The normalized spacial score (nSPS) is 25.3. The molecule has 1 saturated carbocycles. The number of likely N-dealkylation sites (tertiary alicyclic amines) is 1. The fourth-order valence-corrected chi connectivity index (χ4v) is 4.74. The fraction of sp³-hybridized carbons (Fsp3) is 0.550. The Balaban J connectivity index is 1.43. The zero-order valence-electron chi connectivity index (χ0n) is 15.4. The van der Waals surface area contributed by atoms with Gasteiger partial charge in [0.15, 0.2) is 5.82 Å². The topological polar surface area (TPSA) is 63.1 Å². The van der Waals surface area contributed by atoms with Gasteiger partial charge in [-0.1, -0.05) is 36.8 Å². The summed E-state index contributed by atoms with van der Waals surface area (Å²) in [4.78, 5) is 15.6. The first-order valence-electron chi connectivity index (χ1n) is 9.62. The van der Waals surface area contributed by atoms with Crippen LogP contribution in [0.1, 0.15) is 37.6 Å². The first-order chi connectivity index (χ1) is 12.7. The van der Waals surface area contributed by atoms with Crippen LogP contribution in [0.2, 0.25) is 0 Å². The van der Waals surface area contributed by atoms with E-state index < -0.39 is 0 Å². The molecule has 2 aromatic rings. The second kappa shape index (κ2) is 7.19. The van der Waals surface area contributed by atoms with Crippen molar-refractivity contribution >= 4 is 5.91 Å². The minimum atomic E-state index is -0.230. The van der Waals surface area contributed by atoms with Crippen molar-refractivity contribution in [1.29, 1.82) is 0 Å². The Kier molecular flexibility index (Phi) is 4.76. The van der Waals surface area contributed by atoms with E-state index in [9.17, 15) is 4.79 Å². The van der Waals surface area contributed by atoms with Crippen LogP contribution in [0.4, 0.5) is 0 Å². The number of aryl methyl sites for hydroxylation is 1. The van der Waals surface area contributed by atoms with Crippen molar-refractivity contribution in [3.8, 4) is 0 Å². The Morgan fingerprint density at radius 1 is 1.35 bits per heavy atom. The number of amides is 1. The molecule has 0 unspecified atom stereocenters. The summed E-state index contributed by atoms with van der Waals surface area (Å²) in [5.41, 5.74) is 1.09. The first kappa shape index (κ1) is 17.2. The van der Waals surface area contributed by atoms with Gasteiger partial charge in [0.1, 0.15) is 6.33 Å². The largest absolute Gasteiger partial charge is 0.348 e. The van der Waals surface area contributed by atoms with Gasteiger partial charge in [0.25, 0.3) is 0 Å². The number of aromatic nitrogens is 3. The van der Waals surface area contributed by atoms with Gasteiger partial charge in [0.05, 0.1) is 12.0 Å². The van der Waals surface area contributed by atoms with Gasteiger partial charge < -0.3 is 9.88 Å². The van der Waals surface area contributed by atoms with Crippen LogP contribution in [0.15, 0.2) is 36.7 Å². The molecule has 2 atom stereocenters. The van der Waals surface area contributed by atoms with E-state index in [-0.39, 0.29) is 11.3 Å². The van der Waals surface area contributed by atoms with Crippen LogP contribution >= 0.6 is 0 Å². The van der Waals surface area contributed by atoms with E-state index in [1.54, 1.807) is 6.33 Å². The molecule has 1 saturated heterocycles. The van der Waals surface area contributed by atoms with E-state index in [4.69, 9.17) is 0 Å². The average Bonchev–Trinajstić information content (AvgIpc) is 3.34. The fourth-order valence-electron chi connectivity index (χ4n) is 4.74. The summed E-state index contributed by atoms with van der Waals surface area (Å²) in [6.45, 7) is 6.14. The molecule has 1 aliphatic carbocycles. The van der Waals surface area contributed by atoms with Crippen molar-refractivity contribution < 1.29 is 4.79 Å². The molecule has 1 aromatic carbocycles. The van der Waals surface area contributed by atoms with Gasteiger partial charge in [0, 0.05) is 26.2 Å². The van der Waals surface area contributed by atoms with E-state index in [0.717, 1.165) is 51.3 Å². The number of nitrogens with zero attached hydrogens (tertiary/aromatic N) is 4. The zero-order valence-corrected chi connectivity index (χ0v) is 15.4. The number of hydrogen-bond donors (Lipinski definition) is 1. The number of benzene rings is 1. The molecule has 1 N–H and O–H groups in total. The molecule has 6 heteroatoms. The zero-order chi connectivity index (χ0) is 18.0. The third-order valence-corrected chi connectivity index (χ3v) is 6.09. The molecule has 4 rings (SSSR count). The predicted molar refractivity (Wildman–Crippen MR) is 99.0 cm³/mol. The summed E-state index contributed by atoms with van der Waals surface area (Å²) in [6, 6.07) is 10.5. The van der Waals surface area contributed by atoms with E-state index in [1.807, 2.05) is 10.6 Å². The minimum absolute atomic E-state index is 0.196. The molecule has 1 aliphatic heterocycles. The predicted octanol–water partition coefficient (Wildman–Crippen LogP) is 2.22. The Bertz CT molecular complexity index is 759.